The van der Waals surface area contributed by atoms with Gasteiger partial charge >= 0.3 is 0 Å². The molecule has 0 bridgehead atoms. The van der Waals surface area contributed by atoms with Crippen molar-refractivity contribution in [1.29, 1.82) is 0 Å². The Bertz CT molecular complexity index is 732. The number of carbonyl (C=O) groups excluding carboxylic acids is 1. The molecule has 0 fully saturated rings. The molecule has 0 aliphatic heterocycles. The summed E-state index contributed by atoms with van der Waals surface area (Å²) in [6, 6.07) is 4.84. The standard InChI is InChI=1S/C13H12ClIN4O2/c14-8-1-2-10(16)11(5-8)18-12(20)3-4-19-7-17-6-9(15)13(19)21/h1-2,5-7H,3-4,16H2,(H,18,20). The summed E-state index contributed by atoms with van der Waals surface area (Å²) in [6.45, 7) is 0.245. The van der Waals surface area contributed by atoms with Crippen molar-refractivity contribution in [3.8, 4) is 0 Å². The number of nitrogens with one attached hydrogen (secondary N) is 1. The normalized spacial score (nSPS) is 10.4. The van der Waals surface area contributed by atoms with E-state index in [1.54, 1.807) is 18.2 Å². The van der Waals surface area contributed by atoms with Gasteiger partial charge in [0, 0.05) is 24.2 Å². The molecule has 0 aliphatic carbocycles. The molecule has 0 atom stereocenters. The van der Waals surface area contributed by atoms with Crippen LogP contribution in [-0.4, -0.2) is 15.5 Å². The van der Waals surface area contributed by atoms with Crippen LogP contribution in [0.1, 0.15) is 6.42 Å². The highest BCUT2D eigenvalue weighted by Gasteiger charge is 2.08. The van der Waals surface area contributed by atoms with Crippen LogP contribution >= 0.6 is 34.2 Å². The molecule has 2 rings (SSSR count). The highest BCUT2D eigenvalue weighted by molar-refractivity contribution is 14.1. The van der Waals surface area contributed by atoms with Crippen molar-refractivity contribution in [2.24, 2.45) is 0 Å². The molecule has 1 heterocycles. The van der Waals surface area contributed by atoms with Crippen molar-refractivity contribution in [1.82, 2.24) is 9.55 Å². The Hall–Kier alpha value is -1.61. The first-order valence-corrected chi connectivity index (χ1v) is 7.48. The van der Waals surface area contributed by atoms with Gasteiger partial charge in [-0.25, -0.2) is 4.98 Å². The second kappa shape index (κ2) is 6.90. The van der Waals surface area contributed by atoms with Crippen molar-refractivity contribution in [2.45, 2.75) is 13.0 Å². The summed E-state index contributed by atoms with van der Waals surface area (Å²) in [5.74, 6) is -0.255. The molecule has 1 amide bonds. The molecule has 110 valence electrons. The second-order valence-electron chi connectivity index (χ2n) is 4.27. The molecule has 0 saturated heterocycles. The lowest BCUT2D eigenvalue weighted by atomic mass is 10.2. The lowest BCUT2D eigenvalue weighted by Crippen LogP contribution is -2.25. The number of hydrogen-bond donors (Lipinski definition) is 2. The molecular formula is C13H12ClIN4O2. The number of halogens is 2. The minimum Gasteiger partial charge on any atom is -0.397 e. The average Bonchev–Trinajstić information content (AvgIpc) is 2.44. The number of aromatic nitrogens is 2. The summed E-state index contributed by atoms with van der Waals surface area (Å²) in [7, 11) is 0. The first kappa shape index (κ1) is 15.8. The molecule has 0 unspecified atom stereocenters. The topological polar surface area (TPSA) is 90.0 Å². The van der Waals surface area contributed by atoms with Crippen LogP contribution in [0.4, 0.5) is 11.4 Å². The molecule has 0 radical (unpaired) electrons. The van der Waals surface area contributed by atoms with E-state index in [9.17, 15) is 9.59 Å². The maximum atomic E-state index is 11.9. The van der Waals surface area contributed by atoms with Gasteiger partial charge < -0.3 is 11.1 Å². The van der Waals surface area contributed by atoms with E-state index in [0.717, 1.165) is 0 Å². The molecule has 0 saturated carbocycles. The van der Waals surface area contributed by atoms with Gasteiger partial charge in [0.2, 0.25) is 5.91 Å². The Morgan fingerprint density at radius 2 is 2.24 bits per heavy atom. The summed E-state index contributed by atoms with van der Waals surface area (Å²) in [6.07, 6.45) is 3.02. The minimum atomic E-state index is -0.255. The molecule has 1 aromatic carbocycles. The van der Waals surface area contributed by atoms with Crippen LogP contribution in [0.15, 0.2) is 35.5 Å². The van der Waals surface area contributed by atoms with Gasteiger partial charge in [-0.2, -0.15) is 0 Å². The molecular weight excluding hydrogens is 407 g/mol. The van der Waals surface area contributed by atoms with Gasteiger partial charge in [-0.05, 0) is 40.8 Å². The van der Waals surface area contributed by atoms with E-state index in [1.807, 2.05) is 22.6 Å². The van der Waals surface area contributed by atoms with E-state index >= 15 is 0 Å². The third-order valence-electron chi connectivity index (χ3n) is 2.73. The van der Waals surface area contributed by atoms with Gasteiger partial charge in [0.05, 0.1) is 21.3 Å². The molecule has 3 N–H and O–H groups in total. The van der Waals surface area contributed by atoms with E-state index in [2.05, 4.69) is 10.3 Å². The lowest BCUT2D eigenvalue weighted by Gasteiger charge is -2.09. The molecule has 6 nitrogen and oxygen atoms in total. The Balaban J connectivity index is 2.01. The van der Waals surface area contributed by atoms with Crippen LogP contribution in [-0.2, 0) is 11.3 Å². The fourth-order valence-corrected chi connectivity index (χ4v) is 2.30. The average molecular weight is 419 g/mol. The zero-order valence-corrected chi connectivity index (χ0v) is 13.8. The Kier molecular flexibility index (Phi) is 5.18. The SMILES string of the molecule is Nc1ccc(Cl)cc1NC(=O)CCn1cncc(I)c1=O. The van der Waals surface area contributed by atoms with Gasteiger partial charge in [-0.15, -0.1) is 0 Å². The van der Waals surface area contributed by atoms with Crippen LogP contribution in [0.2, 0.25) is 5.02 Å². The first-order chi connectivity index (χ1) is 9.97. The lowest BCUT2D eigenvalue weighted by molar-refractivity contribution is -0.116. The fraction of sp³-hybridized carbons (Fsp3) is 0.154. The van der Waals surface area contributed by atoms with Gasteiger partial charge in [-0.3, -0.25) is 14.2 Å². The van der Waals surface area contributed by atoms with E-state index in [4.69, 9.17) is 17.3 Å². The number of nitrogens with zero attached hydrogens (tertiary/aromatic N) is 2. The van der Waals surface area contributed by atoms with Crippen LogP contribution in [0.5, 0.6) is 0 Å². The number of rotatable bonds is 4. The number of aryl methyl sites for hydroxylation is 1. The van der Waals surface area contributed by atoms with E-state index < -0.39 is 0 Å². The van der Waals surface area contributed by atoms with Gasteiger partial charge in [-0.1, -0.05) is 11.6 Å². The molecule has 8 heteroatoms. The molecule has 21 heavy (non-hydrogen) atoms. The van der Waals surface area contributed by atoms with Crippen LogP contribution in [0.3, 0.4) is 0 Å². The third kappa shape index (κ3) is 4.18. The van der Waals surface area contributed by atoms with Gasteiger partial charge in [0.15, 0.2) is 0 Å². The van der Waals surface area contributed by atoms with E-state index in [0.29, 0.717) is 20.0 Å². The molecule has 1 aromatic heterocycles. The number of nitrogens with two attached hydrogens (primary N) is 1. The Morgan fingerprint density at radius 3 is 3.00 bits per heavy atom. The van der Waals surface area contributed by atoms with Crippen molar-refractivity contribution >= 4 is 51.5 Å². The van der Waals surface area contributed by atoms with E-state index in [1.165, 1.54) is 17.1 Å². The summed E-state index contributed by atoms with van der Waals surface area (Å²) >= 11 is 7.76. The maximum absolute atomic E-state index is 11.9. The molecule has 2 aromatic rings. The largest absolute Gasteiger partial charge is 0.397 e. The highest BCUT2D eigenvalue weighted by atomic mass is 127. The number of benzene rings is 1. The van der Waals surface area contributed by atoms with Crippen molar-refractivity contribution in [3.63, 3.8) is 0 Å². The minimum absolute atomic E-state index is 0.133. The monoisotopic (exact) mass is 418 g/mol. The molecule has 0 aliphatic rings. The van der Waals surface area contributed by atoms with Crippen molar-refractivity contribution in [2.75, 3.05) is 11.1 Å². The predicted octanol–water partition coefficient (Wildman–Crippen LogP) is 2.11. The Labute approximate surface area is 139 Å². The van der Waals surface area contributed by atoms with Crippen LogP contribution in [0.25, 0.3) is 0 Å². The predicted molar refractivity (Wildman–Crippen MR) is 90.3 cm³/mol. The van der Waals surface area contributed by atoms with Crippen molar-refractivity contribution < 1.29 is 4.79 Å². The third-order valence-corrected chi connectivity index (χ3v) is 3.70. The highest BCUT2D eigenvalue weighted by Crippen LogP contribution is 2.22. The zero-order chi connectivity index (χ0) is 15.4. The van der Waals surface area contributed by atoms with Crippen LogP contribution < -0.4 is 16.6 Å². The van der Waals surface area contributed by atoms with Crippen molar-refractivity contribution in [3.05, 3.63) is 49.7 Å². The first-order valence-electron chi connectivity index (χ1n) is 6.02. The summed E-state index contributed by atoms with van der Waals surface area (Å²) in [5, 5.41) is 3.15. The quantitative estimate of drug-likeness (QED) is 0.588. The number of carbonyl (C=O) groups is 1. The summed E-state index contributed by atoms with van der Waals surface area (Å²) in [4.78, 5) is 27.6. The fourth-order valence-electron chi connectivity index (χ4n) is 1.65. The van der Waals surface area contributed by atoms with Gasteiger partial charge in [0.25, 0.3) is 5.56 Å². The number of amides is 1. The van der Waals surface area contributed by atoms with E-state index in [-0.39, 0.29) is 24.4 Å². The zero-order valence-electron chi connectivity index (χ0n) is 10.8. The second-order valence-corrected chi connectivity index (χ2v) is 5.87. The summed E-state index contributed by atoms with van der Waals surface area (Å²) in [5.41, 5.74) is 6.47. The van der Waals surface area contributed by atoms with Crippen LogP contribution in [0, 0.1) is 3.57 Å². The number of hydrogen-bond acceptors (Lipinski definition) is 4. The Morgan fingerprint density at radius 1 is 1.48 bits per heavy atom. The maximum Gasteiger partial charge on any atom is 0.266 e. The number of nitrogen functional groups attached to an aromatic ring is 1. The van der Waals surface area contributed by atoms with Gasteiger partial charge in [0.1, 0.15) is 0 Å². The molecule has 0 spiro atoms. The summed E-state index contributed by atoms with van der Waals surface area (Å²) < 4.78 is 1.90. The smallest absolute Gasteiger partial charge is 0.266 e. The number of anilines is 2.